The van der Waals surface area contributed by atoms with E-state index >= 15 is 0 Å². The van der Waals surface area contributed by atoms with E-state index in [-0.39, 0.29) is 0 Å². The van der Waals surface area contributed by atoms with Crippen molar-refractivity contribution >= 4 is 0 Å². The molecule has 4 saturated carbocycles. The number of fused-ring (bicyclic) bond motifs is 2. The van der Waals surface area contributed by atoms with Crippen LogP contribution in [-0.4, -0.2) is 24.5 Å². The van der Waals surface area contributed by atoms with Crippen LogP contribution in [0.3, 0.4) is 0 Å². The molecular formula is C16H29N. The van der Waals surface area contributed by atoms with Crippen molar-refractivity contribution in [2.24, 2.45) is 22.7 Å². The highest BCUT2D eigenvalue weighted by atomic mass is 15.1. The third-order valence-electron chi connectivity index (χ3n) is 6.39. The fourth-order valence-electron chi connectivity index (χ4n) is 5.09. The van der Waals surface area contributed by atoms with Crippen LogP contribution in [0.1, 0.15) is 59.3 Å². The van der Waals surface area contributed by atoms with Gasteiger partial charge in [-0.2, -0.15) is 0 Å². The van der Waals surface area contributed by atoms with E-state index in [1.165, 1.54) is 51.7 Å². The zero-order chi connectivity index (χ0) is 12.1. The monoisotopic (exact) mass is 235 g/mol. The van der Waals surface area contributed by atoms with Gasteiger partial charge in [0.1, 0.15) is 0 Å². The van der Waals surface area contributed by atoms with Gasteiger partial charge in [0.15, 0.2) is 0 Å². The highest BCUT2D eigenvalue weighted by molar-refractivity contribution is 5.15. The molecule has 2 unspecified atom stereocenters. The summed E-state index contributed by atoms with van der Waals surface area (Å²) in [4.78, 5) is 2.73. The van der Waals surface area contributed by atoms with Gasteiger partial charge in [-0.15, -0.1) is 0 Å². The van der Waals surface area contributed by atoms with Crippen LogP contribution in [0, 0.1) is 22.7 Å². The fourth-order valence-corrected chi connectivity index (χ4v) is 5.09. The maximum absolute atomic E-state index is 2.73. The van der Waals surface area contributed by atoms with E-state index in [1.54, 1.807) is 6.42 Å². The molecule has 0 saturated heterocycles. The van der Waals surface area contributed by atoms with Gasteiger partial charge in [0.25, 0.3) is 0 Å². The predicted molar refractivity (Wildman–Crippen MR) is 73.0 cm³/mol. The average molecular weight is 235 g/mol. The molecule has 2 atom stereocenters. The molecule has 4 rings (SSSR count). The van der Waals surface area contributed by atoms with Gasteiger partial charge in [0.2, 0.25) is 0 Å². The first-order valence-electron chi connectivity index (χ1n) is 7.86. The highest BCUT2D eigenvalue weighted by Crippen LogP contribution is 2.73. The number of hydrogen-bond donors (Lipinski definition) is 0. The minimum atomic E-state index is 0.744. The third-order valence-corrected chi connectivity index (χ3v) is 6.39. The Labute approximate surface area is 107 Å². The Bertz CT molecular complexity index is 288. The van der Waals surface area contributed by atoms with Crippen LogP contribution in [0.4, 0.5) is 0 Å². The van der Waals surface area contributed by atoms with E-state index in [4.69, 9.17) is 0 Å². The van der Waals surface area contributed by atoms with Crippen molar-refractivity contribution in [3.63, 3.8) is 0 Å². The maximum Gasteiger partial charge on any atom is 0.00406 e. The molecule has 0 N–H and O–H groups in total. The van der Waals surface area contributed by atoms with E-state index in [0.717, 1.165) is 22.7 Å². The second-order valence-corrected chi connectivity index (χ2v) is 7.33. The first kappa shape index (κ1) is 12.0. The second-order valence-electron chi connectivity index (χ2n) is 7.33. The van der Waals surface area contributed by atoms with Crippen molar-refractivity contribution in [2.45, 2.75) is 59.3 Å². The molecule has 0 aromatic rings. The lowest BCUT2D eigenvalue weighted by Crippen LogP contribution is -2.48. The van der Waals surface area contributed by atoms with Gasteiger partial charge in [-0.05, 0) is 74.3 Å². The van der Waals surface area contributed by atoms with Gasteiger partial charge in [-0.3, -0.25) is 0 Å². The van der Waals surface area contributed by atoms with E-state index in [0.29, 0.717) is 0 Å². The number of rotatable bonds is 5. The Morgan fingerprint density at radius 1 is 1.06 bits per heavy atom. The van der Waals surface area contributed by atoms with Crippen LogP contribution >= 0.6 is 0 Å². The van der Waals surface area contributed by atoms with Gasteiger partial charge >= 0.3 is 0 Å². The molecule has 1 nitrogen and oxygen atoms in total. The van der Waals surface area contributed by atoms with Gasteiger partial charge < -0.3 is 4.90 Å². The van der Waals surface area contributed by atoms with E-state index in [2.05, 4.69) is 25.7 Å². The molecule has 0 aromatic heterocycles. The summed E-state index contributed by atoms with van der Waals surface area (Å²) in [6.07, 6.45) is 9.00. The van der Waals surface area contributed by atoms with Crippen LogP contribution in [0.25, 0.3) is 0 Å². The molecule has 4 aliphatic carbocycles. The normalized spacial score (nSPS) is 47.3. The fraction of sp³-hybridized carbons (Fsp3) is 1.00. The summed E-state index contributed by atoms with van der Waals surface area (Å²) in [6.45, 7) is 11.2. The molecule has 0 amide bonds. The molecule has 0 spiro atoms. The summed E-state index contributed by atoms with van der Waals surface area (Å²) in [5.41, 5.74) is 1.50. The lowest BCUT2D eigenvalue weighted by atomic mass is 9.54. The summed E-state index contributed by atoms with van der Waals surface area (Å²) in [6, 6.07) is 0. The van der Waals surface area contributed by atoms with Gasteiger partial charge in [-0.1, -0.05) is 20.8 Å². The summed E-state index contributed by atoms with van der Waals surface area (Å²) < 4.78 is 0. The standard InChI is InChI=1S/C16H29N/c1-4-10-17(5-2)12-16-8-6-15(3,7-9-16)13-11-14(13)16/h13-14H,4-12H2,1-3H3. The van der Waals surface area contributed by atoms with Crippen LogP contribution in [0.5, 0.6) is 0 Å². The van der Waals surface area contributed by atoms with E-state index in [9.17, 15) is 0 Å². The molecule has 1 heteroatoms. The van der Waals surface area contributed by atoms with Crippen molar-refractivity contribution in [1.82, 2.24) is 4.90 Å². The molecule has 0 aliphatic heterocycles. The Hall–Kier alpha value is -0.0400. The number of nitrogens with zero attached hydrogens (tertiary/aromatic N) is 1. The lowest BCUT2D eigenvalue weighted by Gasteiger charge is -2.53. The van der Waals surface area contributed by atoms with Crippen molar-refractivity contribution in [1.29, 1.82) is 0 Å². The zero-order valence-electron chi connectivity index (χ0n) is 12.0. The van der Waals surface area contributed by atoms with Crippen molar-refractivity contribution < 1.29 is 0 Å². The smallest absolute Gasteiger partial charge is 0.00406 e. The largest absolute Gasteiger partial charge is 0.303 e. The van der Waals surface area contributed by atoms with Gasteiger partial charge in [0, 0.05) is 6.54 Å². The summed E-state index contributed by atoms with van der Waals surface area (Å²) in [5.74, 6) is 2.23. The molecule has 0 heterocycles. The molecule has 0 radical (unpaired) electrons. The summed E-state index contributed by atoms with van der Waals surface area (Å²) >= 11 is 0. The summed E-state index contributed by atoms with van der Waals surface area (Å²) in [5, 5.41) is 0. The lowest BCUT2D eigenvalue weighted by molar-refractivity contribution is -0.0308. The highest BCUT2D eigenvalue weighted by Gasteiger charge is 2.65. The first-order valence-corrected chi connectivity index (χ1v) is 7.86. The Kier molecular flexibility index (Phi) is 2.81. The Morgan fingerprint density at radius 2 is 1.76 bits per heavy atom. The first-order chi connectivity index (χ1) is 8.13. The Morgan fingerprint density at radius 3 is 2.35 bits per heavy atom. The topological polar surface area (TPSA) is 3.24 Å². The molecule has 0 aromatic carbocycles. The van der Waals surface area contributed by atoms with Crippen LogP contribution in [0.15, 0.2) is 0 Å². The van der Waals surface area contributed by atoms with Gasteiger partial charge in [0.05, 0.1) is 0 Å². The zero-order valence-corrected chi connectivity index (χ0v) is 12.0. The van der Waals surface area contributed by atoms with Crippen molar-refractivity contribution in [3.8, 4) is 0 Å². The SMILES string of the molecule is CCCN(CC)CC12CCC(C)(CC1)C1CC12. The molecule has 98 valence electrons. The quantitative estimate of drug-likeness (QED) is 0.698. The van der Waals surface area contributed by atoms with Crippen LogP contribution in [-0.2, 0) is 0 Å². The van der Waals surface area contributed by atoms with Crippen LogP contribution in [0.2, 0.25) is 0 Å². The minimum Gasteiger partial charge on any atom is -0.303 e. The molecular weight excluding hydrogens is 206 g/mol. The van der Waals surface area contributed by atoms with Gasteiger partial charge in [-0.25, -0.2) is 0 Å². The van der Waals surface area contributed by atoms with Crippen LogP contribution < -0.4 is 0 Å². The molecule has 17 heavy (non-hydrogen) atoms. The molecule has 4 fully saturated rings. The van der Waals surface area contributed by atoms with E-state index in [1.807, 2.05) is 0 Å². The average Bonchev–Trinajstić information content (AvgIpc) is 3.13. The van der Waals surface area contributed by atoms with Crippen molar-refractivity contribution in [3.05, 3.63) is 0 Å². The predicted octanol–water partition coefficient (Wildman–Crippen LogP) is 3.93. The number of hydrogen-bond acceptors (Lipinski definition) is 1. The minimum absolute atomic E-state index is 0.744. The van der Waals surface area contributed by atoms with Crippen molar-refractivity contribution in [2.75, 3.05) is 19.6 Å². The Balaban J connectivity index is 1.71. The molecule has 4 aliphatic rings. The molecule has 2 bridgehead atoms. The maximum atomic E-state index is 2.73. The second kappa shape index (κ2) is 3.98. The van der Waals surface area contributed by atoms with E-state index < -0.39 is 0 Å². The summed E-state index contributed by atoms with van der Waals surface area (Å²) in [7, 11) is 0. The third kappa shape index (κ3) is 1.77.